The van der Waals surface area contributed by atoms with Crippen molar-refractivity contribution in [2.75, 3.05) is 5.75 Å². The third-order valence-electron chi connectivity index (χ3n) is 6.07. The number of sulfonamides is 1. The predicted molar refractivity (Wildman–Crippen MR) is 136 cm³/mol. The SMILES string of the molecule is CCS(=O)(=O)NC(=O)CCC/C=C\C[C@H]1[C@H](/C=C/[C@H](O)CCc2cc(Cl)c(C)s2)[C@@H](O)C[C@H]1O. The molecule has 0 aliphatic heterocycles. The highest BCUT2D eigenvalue weighted by molar-refractivity contribution is 7.90. The van der Waals surface area contributed by atoms with Crippen LogP contribution in [0.15, 0.2) is 30.4 Å². The molecule has 1 aromatic heterocycles. The van der Waals surface area contributed by atoms with E-state index in [0.29, 0.717) is 38.5 Å². The third-order valence-corrected chi connectivity index (χ3v) is 8.98. The number of carbonyl (C=O) groups excluding carboxylic acids is 1. The first kappa shape index (κ1) is 29.0. The molecule has 10 heteroatoms. The molecule has 1 heterocycles. The highest BCUT2D eigenvalue weighted by Crippen LogP contribution is 2.36. The fraction of sp³-hybridized carbons (Fsp3) is 0.625. The Morgan fingerprint density at radius 3 is 2.71 bits per heavy atom. The van der Waals surface area contributed by atoms with Crippen LogP contribution in [0.4, 0.5) is 0 Å². The Morgan fingerprint density at radius 2 is 2.06 bits per heavy atom. The molecule has 34 heavy (non-hydrogen) atoms. The largest absolute Gasteiger partial charge is 0.393 e. The number of hydrogen-bond acceptors (Lipinski definition) is 7. The van der Waals surface area contributed by atoms with E-state index in [1.54, 1.807) is 17.4 Å². The Hall–Kier alpha value is -1.23. The highest BCUT2D eigenvalue weighted by atomic mass is 35.5. The molecule has 5 atom stereocenters. The van der Waals surface area contributed by atoms with Gasteiger partial charge in [-0.1, -0.05) is 35.9 Å². The van der Waals surface area contributed by atoms with Crippen LogP contribution in [-0.4, -0.2) is 53.7 Å². The molecule has 1 aliphatic rings. The number of thiophene rings is 1. The normalized spacial score (nSPS) is 24.3. The van der Waals surface area contributed by atoms with Crippen LogP contribution >= 0.6 is 22.9 Å². The van der Waals surface area contributed by atoms with E-state index in [1.807, 2.05) is 35.9 Å². The molecule has 0 bridgehead atoms. The number of unbranched alkanes of at least 4 members (excludes halogenated alkanes) is 1. The predicted octanol–water partition coefficient (Wildman–Crippen LogP) is 3.50. The van der Waals surface area contributed by atoms with Gasteiger partial charge in [-0.05, 0) is 57.9 Å². The third kappa shape index (κ3) is 9.43. The molecule has 0 aromatic carbocycles. The first-order valence-corrected chi connectivity index (χ1v) is 14.5. The smallest absolute Gasteiger partial charge is 0.234 e. The number of aliphatic hydroxyl groups excluding tert-OH is 3. The Kier molecular flexibility index (Phi) is 11.7. The first-order valence-electron chi connectivity index (χ1n) is 11.7. The molecule has 1 amide bonds. The van der Waals surface area contributed by atoms with Crippen LogP contribution in [0, 0.1) is 18.8 Å². The van der Waals surface area contributed by atoms with Crippen LogP contribution in [0.5, 0.6) is 0 Å². The number of halogens is 1. The van der Waals surface area contributed by atoms with E-state index < -0.39 is 34.2 Å². The van der Waals surface area contributed by atoms with Crippen LogP contribution in [0.2, 0.25) is 5.02 Å². The Bertz CT molecular complexity index is 939. The van der Waals surface area contributed by atoms with E-state index in [4.69, 9.17) is 11.6 Å². The number of amides is 1. The second-order valence-electron chi connectivity index (χ2n) is 8.75. The zero-order valence-corrected chi connectivity index (χ0v) is 22.1. The van der Waals surface area contributed by atoms with Crippen molar-refractivity contribution in [1.29, 1.82) is 0 Å². The topological polar surface area (TPSA) is 124 Å². The molecular weight excluding hydrogens is 498 g/mol. The summed E-state index contributed by atoms with van der Waals surface area (Å²) in [4.78, 5) is 13.8. The van der Waals surface area contributed by atoms with Crippen LogP contribution < -0.4 is 4.72 Å². The average Bonchev–Trinajstić information content (AvgIpc) is 3.23. The van der Waals surface area contributed by atoms with Crippen LogP contribution in [0.25, 0.3) is 0 Å². The van der Waals surface area contributed by atoms with Gasteiger partial charge in [0.25, 0.3) is 0 Å². The Balaban J connectivity index is 1.78. The summed E-state index contributed by atoms with van der Waals surface area (Å²) >= 11 is 7.71. The lowest BCUT2D eigenvalue weighted by Gasteiger charge is -2.19. The van der Waals surface area contributed by atoms with E-state index in [2.05, 4.69) is 0 Å². The Labute approximate surface area is 211 Å². The van der Waals surface area contributed by atoms with Gasteiger partial charge < -0.3 is 15.3 Å². The monoisotopic (exact) mass is 533 g/mol. The van der Waals surface area contributed by atoms with Gasteiger partial charge in [-0.25, -0.2) is 8.42 Å². The van der Waals surface area contributed by atoms with Crippen molar-refractivity contribution < 1.29 is 28.5 Å². The maximum absolute atomic E-state index is 11.6. The number of hydrogen-bond donors (Lipinski definition) is 4. The summed E-state index contributed by atoms with van der Waals surface area (Å²) in [6.07, 6.45) is 8.77. The molecule has 7 nitrogen and oxygen atoms in total. The van der Waals surface area contributed by atoms with Crippen molar-refractivity contribution in [2.24, 2.45) is 11.8 Å². The number of nitrogens with one attached hydrogen (secondary N) is 1. The maximum atomic E-state index is 11.6. The fourth-order valence-electron chi connectivity index (χ4n) is 4.04. The van der Waals surface area contributed by atoms with Crippen molar-refractivity contribution in [1.82, 2.24) is 4.72 Å². The lowest BCUT2D eigenvalue weighted by atomic mass is 9.89. The van der Waals surface area contributed by atoms with Crippen LogP contribution in [0.3, 0.4) is 0 Å². The van der Waals surface area contributed by atoms with Gasteiger partial charge in [-0.15, -0.1) is 11.3 Å². The van der Waals surface area contributed by atoms with Crippen molar-refractivity contribution in [3.8, 4) is 0 Å². The van der Waals surface area contributed by atoms with Crippen molar-refractivity contribution in [3.05, 3.63) is 45.1 Å². The van der Waals surface area contributed by atoms with Gasteiger partial charge in [0.05, 0.1) is 29.1 Å². The first-order chi connectivity index (χ1) is 16.0. The maximum Gasteiger partial charge on any atom is 0.234 e. The lowest BCUT2D eigenvalue weighted by Crippen LogP contribution is -2.31. The zero-order chi connectivity index (χ0) is 25.3. The number of rotatable bonds is 13. The Morgan fingerprint density at radius 1 is 1.32 bits per heavy atom. The molecule has 0 spiro atoms. The quantitative estimate of drug-likeness (QED) is 0.227. The molecule has 1 saturated carbocycles. The second kappa shape index (κ2) is 13.8. The summed E-state index contributed by atoms with van der Waals surface area (Å²) < 4.78 is 24.8. The van der Waals surface area contributed by atoms with E-state index in [-0.39, 0.29) is 24.0 Å². The van der Waals surface area contributed by atoms with Gasteiger partial charge in [-0.2, -0.15) is 0 Å². The van der Waals surface area contributed by atoms with E-state index >= 15 is 0 Å². The molecule has 0 saturated heterocycles. The van der Waals surface area contributed by atoms with Crippen LogP contribution in [-0.2, 0) is 21.2 Å². The summed E-state index contributed by atoms with van der Waals surface area (Å²) in [6, 6.07) is 1.93. The fourth-order valence-corrected chi connectivity index (χ4v) is 5.89. The minimum atomic E-state index is -3.52. The van der Waals surface area contributed by atoms with Gasteiger partial charge in [0.1, 0.15) is 0 Å². The molecule has 2 rings (SSSR count). The molecule has 0 radical (unpaired) electrons. The summed E-state index contributed by atoms with van der Waals surface area (Å²) in [5.74, 6) is -1.06. The van der Waals surface area contributed by atoms with Crippen molar-refractivity contribution >= 4 is 38.9 Å². The van der Waals surface area contributed by atoms with Crippen molar-refractivity contribution in [2.45, 2.75) is 77.1 Å². The molecule has 1 aliphatic carbocycles. The molecule has 4 N–H and O–H groups in total. The summed E-state index contributed by atoms with van der Waals surface area (Å²) in [5.41, 5.74) is 0. The summed E-state index contributed by atoms with van der Waals surface area (Å²) in [7, 11) is -3.52. The lowest BCUT2D eigenvalue weighted by molar-refractivity contribution is -0.119. The zero-order valence-electron chi connectivity index (χ0n) is 19.7. The van der Waals surface area contributed by atoms with Gasteiger partial charge in [-0.3, -0.25) is 9.52 Å². The molecule has 1 aromatic rings. The number of carbonyl (C=O) groups is 1. The molecule has 1 fully saturated rings. The minimum absolute atomic E-state index is 0.120. The molecule has 0 unspecified atom stereocenters. The van der Waals surface area contributed by atoms with Gasteiger partial charge in [0.2, 0.25) is 15.9 Å². The van der Waals surface area contributed by atoms with E-state index in [9.17, 15) is 28.5 Å². The van der Waals surface area contributed by atoms with Crippen LogP contribution in [0.1, 0.15) is 55.2 Å². The van der Waals surface area contributed by atoms with Gasteiger partial charge >= 0.3 is 0 Å². The number of allylic oxidation sites excluding steroid dienone is 2. The number of aliphatic hydroxyl groups is 3. The molecule has 192 valence electrons. The summed E-state index contributed by atoms with van der Waals surface area (Å²) in [6.45, 7) is 3.43. The van der Waals surface area contributed by atoms with Gasteiger partial charge in [0, 0.05) is 28.5 Å². The minimum Gasteiger partial charge on any atom is -0.393 e. The van der Waals surface area contributed by atoms with Crippen molar-refractivity contribution in [3.63, 3.8) is 0 Å². The average molecular weight is 534 g/mol. The number of aryl methyl sites for hydroxylation is 2. The van der Waals surface area contributed by atoms with Gasteiger partial charge in [0.15, 0.2) is 0 Å². The molecular formula is C24H36ClNO6S2. The standard InChI is InChI=1S/C24H36ClNO6S2/c1-3-34(31,32)26-24(30)9-7-5-4-6-8-19-20(23(29)15-22(19)28)13-11-17(27)10-12-18-14-21(25)16(2)33-18/h4,6,11,13-14,17,19-20,22-23,27-29H,3,5,7-10,12,15H2,1-2H3,(H,26,30)/b6-4-,13-11+/t17-,19+,20+,22-,23+/m1/s1. The van der Waals surface area contributed by atoms with E-state index in [1.165, 1.54) is 6.92 Å². The second-order valence-corrected chi connectivity index (χ2v) is 12.5. The summed E-state index contributed by atoms with van der Waals surface area (Å²) in [5, 5.41) is 31.8. The van der Waals surface area contributed by atoms with E-state index in [0.717, 1.165) is 14.8 Å². The highest BCUT2D eigenvalue weighted by Gasteiger charge is 2.39.